The number of likely N-dealkylation sites (N-methyl/N-ethyl adjacent to an activating group) is 1. The average Bonchev–Trinajstić information content (AvgIpc) is 3.08. The van der Waals surface area contributed by atoms with Crippen molar-refractivity contribution in [3.63, 3.8) is 0 Å². The fourth-order valence-electron chi connectivity index (χ4n) is 6.30. The van der Waals surface area contributed by atoms with Gasteiger partial charge >= 0.3 is 7.82 Å². The molecule has 0 aromatic heterocycles. The van der Waals surface area contributed by atoms with Gasteiger partial charge in [-0.1, -0.05) is 193 Å². The number of allylic oxidation sites excluding steroid dienone is 1. The lowest BCUT2D eigenvalue weighted by molar-refractivity contribution is -0.870. The second-order valence-electron chi connectivity index (χ2n) is 16.0. The van der Waals surface area contributed by atoms with Crippen LogP contribution in [0.15, 0.2) is 12.2 Å². The topological polar surface area (TPSA) is 105 Å². The van der Waals surface area contributed by atoms with Crippen molar-refractivity contribution in [3.05, 3.63) is 12.2 Å². The molecule has 304 valence electrons. The first-order valence-electron chi connectivity index (χ1n) is 21.6. The highest BCUT2D eigenvalue weighted by Crippen LogP contribution is 2.43. The maximum Gasteiger partial charge on any atom is 0.472 e. The molecule has 3 unspecified atom stereocenters. The maximum absolute atomic E-state index is 12.3. The molecule has 0 heterocycles. The zero-order valence-corrected chi connectivity index (χ0v) is 35.3. The van der Waals surface area contributed by atoms with E-state index in [1.807, 2.05) is 27.2 Å². The molecule has 0 aromatic carbocycles. The largest absolute Gasteiger partial charge is 0.472 e. The SMILES string of the molecule is CCCCCCCCCCCCCCCCCCCCCCCCCCCCC/C=C/C(O)C(COP(=O)(O)OCC[N+](C)(C)C)NC(=O)CC. The Morgan fingerprint density at radius 1 is 0.647 bits per heavy atom. The van der Waals surface area contributed by atoms with Crippen molar-refractivity contribution >= 4 is 13.7 Å². The summed E-state index contributed by atoms with van der Waals surface area (Å²) in [7, 11) is 1.57. The van der Waals surface area contributed by atoms with Gasteiger partial charge in [-0.3, -0.25) is 13.8 Å². The molecule has 0 aromatic rings. The predicted molar refractivity (Wildman–Crippen MR) is 217 cm³/mol. The van der Waals surface area contributed by atoms with Gasteiger partial charge in [0.1, 0.15) is 13.2 Å². The second kappa shape index (κ2) is 35.0. The van der Waals surface area contributed by atoms with E-state index in [4.69, 9.17) is 9.05 Å². The average molecular weight is 746 g/mol. The van der Waals surface area contributed by atoms with E-state index in [0.29, 0.717) is 11.0 Å². The minimum atomic E-state index is -4.29. The van der Waals surface area contributed by atoms with Crippen molar-refractivity contribution in [1.29, 1.82) is 0 Å². The summed E-state index contributed by atoms with van der Waals surface area (Å²) in [5.41, 5.74) is 0. The Bertz CT molecular complexity index is 850. The molecule has 0 bridgehead atoms. The van der Waals surface area contributed by atoms with Gasteiger partial charge in [0.25, 0.3) is 0 Å². The lowest BCUT2D eigenvalue weighted by atomic mass is 10.0. The molecule has 0 saturated heterocycles. The maximum atomic E-state index is 12.3. The molecular formula is C42H86N2O6P+. The molecule has 0 aliphatic heterocycles. The molecule has 3 N–H and O–H groups in total. The van der Waals surface area contributed by atoms with Crippen LogP contribution in [0.4, 0.5) is 0 Å². The van der Waals surface area contributed by atoms with Gasteiger partial charge in [0.05, 0.1) is 39.9 Å². The first-order chi connectivity index (χ1) is 24.5. The minimum Gasteiger partial charge on any atom is -0.387 e. The van der Waals surface area contributed by atoms with Crippen molar-refractivity contribution in [3.8, 4) is 0 Å². The molecule has 0 aliphatic carbocycles. The monoisotopic (exact) mass is 746 g/mol. The minimum absolute atomic E-state index is 0.0609. The highest BCUT2D eigenvalue weighted by Gasteiger charge is 2.27. The third kappa shape index (κ3) is 37.4. The Kier molecular flexibility index (Phi) is 34.5. The number of phosphoric acid groups is 1. The number of carbonyl (C=O) groups excluding carboxylic acids is 1. The summed E-state index contributed by atoms with van der Waals surface area (Å²) in [6, 6.07) is -0.838. The first kappa shape index (κ1) is 50.2. The lowest BCUT2D eigenvalue weighted by Crippen LogP contribution is -2.45. The number of unbranched alkanes of at least 4 members (excludes halogenated alkanes) is 27. The molecule has 0 fully saturated rings. The quantitative estimate of drug-likeness (QED) is 0.0250. The predicted octanol–water partition coefficient (Wildman–Crippen LogP) is 11.6. The van der Waals surface area contributed by atoms with E-state index in [0.717, 1.165) is 19.3 Å². The van der Waals surface area contributed by atoms with Crippen LogP contribution < -0.4 is 5.32 Å². The van der Waals surface area contributed by atoms with Crippen LogP contribution in [0.2, 0.25) is 0 Å². The van der Waals surface area contributed by atoms with Gasteiger partial charge in [-0.25, -0.2) is 4.57 Å². The molecule has 51 heavy (non-hydrogen) atoms. The fraction of sp³-hybridized carbons (Fsp3) is 0.929. The summed E-state index contributed by atoms with van der Waals surface area (Å²) in [5, 5.41) is 13.3. The van der Waals surface area contributed by atoms with Crippen molar-refractivity contribution < 1.29 is 32.9 Å². The fourth-order valence-corrected chi connectivity index (χ4v) is 7.04. The number of hydrogen-bond donors (Lipinski definition) is 3. The zero-order chi connectivity index (χ0) is 37.9. The molecule has 1 amide bonds. The Hall–Kier alpha value is -0.760. The number of phosphoric ester groups is 1. The Morgan fingerprint density at radius 3 is 1.37 bits per heavy atom. The van der Waals surface area contributed by atoms with E-state index < -0.39 is 20.0 Å². The van der Waals surface area contributed by atoms with E-state index in [9.17, 15) is 19.4 Å². The third-order valence-electron chi connectivity index (χ3n) is 9.82. The van der Waals surface area contributed by atoms with Crippen LogP contribution in [0, 0.1) is 0 Å². The number of aliphatic hydroxyl groups excluding tert-OH is 1. The number of quaternary nitrogens is 1. The van der Waals surface area contributed by atoms with E-state index >= 15 is 0 Å². The van der Waals surface area contributed by atoms with Gasteiger partial charge < -0.3 is 19.8 Å². The van der Waals surface area contributed by atoms with Gasteiger partial charge in [0, 0.05) is 6.42 Å². The molecule has 3 atom stereocenters. The summed E-state index contributed by atoms with van der Waals surface area (Å²) < 4.78 is 23.0. The number of carbonyl (C=O) groups is 1. The number of rotatable bonds is 39. The lowest BCUT2D eigenvalue weighted by Gasteiger charge is -2.25. The zero-order valence-electron chi connectivity index (χ0n) is 34.4. The Balaban J connectivity index is 3.68. The number of hydrogen-bond acceptors (Lipinski definition) is 5. The van der Waals surface area contributed by atoms with Gasteiger partial charge in [-0.05, 0) is 12.8 Å². The van der Waals surface area contributed by atoms with Crippen LogP contribution in [-0.4, -0.2) is 73.4 Å². The number of aliphatic hydroxyl groups is 1. The van der Waals surface area contributed by atoms with Crippen LogP contribution in [0.1, 0.15) is 200 Å². The summed E-state index contributed by atoms with van der Waals surface area (Å²) in [6.45, 7) is 4.28. The third-order valence-corrected chi connectivity index (χ3v) is 10.8. The summed E-state index contributed by atoms with van der Waals surface area (Å²) in [4.78, 5) is 22.0. The molecule has 0 rings (SSSR count). The van der Waals surface area contributed by atoms with Gasteiger partial charge in [-0.15, -0.1) is 0 Å². The van der Waals surface area contributed by atoms with Gasteiger partial charge in [0.15, 0.2) is 0 Å². The number of nitrogens with one attached hydrogen (secondary N) is 1. The molecule has 0 saturated carbocycles. The van der Waals surface area contributed by atoms with Crippen LogP contribution in [-0.2, 0) is 18.4 Å². The van der Waals surface area contributed by atoms with Crippen LogP contribution in [0.25, 0.3) is 0 Å². The molecule has 0 radical (unpaired) electrons. The first-order valence-corrected chi connectivity index (χ1v) is 23.1. The highest BCUT2D eigenvalue weighted by molar-refractivity contribution is 7.47. The summed E-state index contributed by atoms with van der Waals surface area (Å²) in [5.74, 6) is -0.264. The second-order valence-corrected chi connectivity index (χ2v) is 17.5. The van der Waals surface area contributed by atoms with Crippen molar-refractivity contribution in [2.45, 2.75) is 212 Å². The standard InChI is InChI=1S/C42H85N2O6P/c1-6-8-9-10-11-12-13-14-15-16-17-18-19-20-21-22-23-24-25-26-27-28-29-30-31-32-33-34-35-36-41(45)40(43-42(46)7-2)39-50-51(47,48)49-38-37-44(3,4)5/h35-36,40-41,45H,6-34,37-39H2,1-5H3,(H-,43,46,47,48)/p+1/b36-35+. The van der Waals surface area contributed by atoms with E-state index in [-0.39, 0.29) is 25.5 Å². The van der Waals surface area contributed by atoms with Crippen LogP contribution in [0.5, 0.6) is 0 Å². The van der Waals surface area contributed by atoms with E-state index in [1.54, 1.807) is 13.0 Å². The summed E-state index contributed by atoms with van der Waals surface area (Å²) >= 11 is 0. The van der Waals surface area contributed by atoms with Gasteiger partial charge in [-0.2, -0.15) is 0 Å². The molecule has 0 aliphatic rings. The van der Waals surface area contributed by atoms with Crippen molar-refractivity contribution in [2.24, 2.45) is 0 Å². The van der Waals surface area contributed by atoms with Crippen LogP contribution in [0.3, 0.4) is 0 Å². The Labute approximate surface area is 316 Å². The van der Waals surface area contributed by atoms with Crippen LogP contribution >= 0.6 is 7.82 Å². The highest BCUT2D eigenvalue weighted by atomic mass is 31.2. The molecular weight excluding hydrogens is 659 g/mol. The van der Waals surface area contributed by atoms with E-state index in [1.165, 1.54) is 161 Å². The molecule has 9 heteroatoms. The normalized spacial score (nSPS) is 14.6. The number of amides is 1. The molecule has 8 nitrogen and oxygen atoms in total. The number of nitrogens with zero attached hydrogens (tertiary/aromatic N) is 1. The van der Waals surface area contributed by atoms with Crippen molar-refractivity contribution in [1.82, 2.24) is 5.32 Å². The summed E-state index contributed by atoms with van der Waals surface area (Å²) in [6.07, 6.45) is 41.1. The van der Waals surface area contributed by atoms with Crippen molar-refractivity contribution in [2.75, 3.05) is 40.9 Å². The van der Waals surface area contributed by atoms with Gasteiger partial charge in [0.2, 0.25) is 5.91 Å². The Morgan fingerprint density at radius 2 is 1.02 bits per heavy atom. The van der Waals surface area contributed by atoms with E-state index in [2.05, 4.69) is 12.2 Å². The smallest absolute Gasteiger partial charge is 0.387 e. The molecule has 0 spiro atoms.